The topological polar surface area (TPSA) is 102 Å². The van der Waals surface area contributed by atoms with Gasteiger partial charge in [0.1, 0.15) is 5.75 Å². The van der Waals surface area contributed by atoms with E-state index in [1.807, 2.05) is 19.9 Å². The second-order valence-corrected chi connectivity index (χ2v) is 12.0. The van der Waals surface area contributed by atoms with E-state index in [1.54, 1.807) is 18.2 Å². The Kier molecular flexibility index (Phi) is 8.16. The van der Waals surface area contributed by atoms with Crippen LogP contribution in [-0.4, -0.2) is 52.8 Å². The lowest BCUT2D eigenvalue weighted by molar-refractivity contribution is -0.152. The van der Waals surface area contributed by atoms with Gasteiger partial charge in [0, 0.05) is 33.7 Å². The molecule has 2 amide bonds. The lowest BCUT2D eigenvalue weighted by atomic mass is 9.94. The summed E-state index contributed by atoms with van der Waals surface area (Å²) in [5, 5.41) is 3.59. The van der Waals surface area contributed by atoms with Gasteiger partial charge in [-0.1, -0.05) is 46.3 Å². The number of carbonyl (C=O) groups is 3. The van der Waals surface area contributed by atoms with E-state index in [2.05, 4.69) is 21.2 Å². The number of Topliss-reactive ketones (excluding diaryl/α,β-unsaturated/α-hetero) is 1. The Morgan fingerprint density at radius 3 is 2.22 bits per heavy atom. The number of rotatable bonds is 8. The molecule has 2 bridgehead atoms. The van der Waals surface area contributed by atoms with E-state index >= 15 is 8.78 Å². The zero-order valence-corrected chi connectivity index (χ0v) is 24.4. The predicted octanol–water partition coefficient (Wildman–Crippen LogP) is 5.33. The van der Waals surface area contributed by atoms with Gasteiger partial charge >= 0.3 is 5.92 Å². The van der Waals surface area contributed by atoms with Crippen molar-refractivity contribution in [3.63, 3.8) is 0 Å². The van der Waals surface area contributed by atoms with Crippen molar-refractivity contribution < 1.29 is 27.9 Å². The van der Waals surface area contributed by atoms with Crippen LogP contribution >= 0.6 is 15.9 Å². The second kappa shape index (κ2) is 11.5. The van der Waals surface area contributed by atoms with E-state index in [0.717, 1.165) is 5.39 Å². The Balaban J connectivity index is 1.43. The van der Waals surface area contributed by atoms with Gasteiger partial charge in [-0.25, -0.2) is 0 Å². The third kappa shape index (κ3) is 5.99. The van der Waals surface area contributed by atoms with Crippen LogP contribution in [-0.2, 0) is 15.5 Å². The van der Waals surface area contributed by atoms with Crippen molar-refractivity contribution in [2.24, 2.45) is 5.73 Å². The predicted molar refractivity (Wildman–Crippen MR) is 155 cm³/mol. The molecule has 2 heterocycles. The SMILES string of the molecule is CC(C)Oc1ccc2cc(C(=O)C(=O)NC(C(=O)N3C4CCC3CC(N)C4)C(F)(F)c3ccc(Br)cc3)ccc2c1. The van der Waals surface area contributed by atoms with Crippen molar-refractivity contribution >= 4 is 44.3 Å². The van der Waals surface area contributed by atoms with E-state index in [0.29, 0.717) is 41.3 Å². The number of benzene rings is 3. The maximum atomic E-state index is 16.0. The second-order valence-electron chi connectivity index (χ2n) is 11.1. The van der Waals surface area contributed by atoms with Gasteiger partial charge in [0.2, 0.25) is 5.78 Å². The van der Waals surface area contributed by atoms with Gasteiger partial charge in [-0.05, 0) is 80.6 Å². The van der Waals surface area contributed by atoms with Crippen LogP contribution in [0.1, 0.15) is 55.5 Å². The molecular formula is C31H32BrF2N3O4. The molecule has 3 aromatic rings. The third-order valence-electron chi connectivity index (χ3n) is 7.79. The van der Waals surface area contributed by atoms with Crippen molar-refractivity contribution in [1.29, 1.82) is 0 Å². The number of carbonyl (C=O) groups excluding carboxylic acids is 3. The number of piperidine rings is 1. The van der Waals surface area contributed by atoms with Crippen molar-refractivity contribution in [3.8, 4) is 5.75 Å². The van der Waals surface area contributed by atoms with Gasteiger partial charge in [-0.15, -0.1) is 0 Å². The number of halogens is 3. The summed E-state index contributed by atoms with van der Waals surface area (Å²) >= 11 is 3.23. The largest absolute Gasteiger partial charge is 0.491 e. The molecule has 0 aromatic heterocycles. The van der Waals surface area contributed by atoms with Crippen LogP contribution in [0.3, 0.4) is 0 Å². The van der Waals surface area contributed by atoms with E-state index in [1.165, 1.54) is 41.3 Å². The Labute approximate surface area is 245 Å². The summed E-state index contributed by atoms with van der Waals surface area (Å²) < 4.78 is 38.4. The molecule has 10 heteroatoms. The number of alkyl halides is 2. The van der Waals surface area contributed by atoms with Crippen LogP contribution in [0.2, 0.25) is 0 Å². The van der Waals surface area contributed by atoms with Gasteiger partial charge in [-0.3, -0.25) is 14.4 Å². The first-order valence-corrected chi connectivity index (χ1v) is 14.5. The van der Waals surface area contributed by atoms with Gasteiger partial charge in [0.25, 0.3) is 11.8 Å². The number of nitrogens with one attached hydrogen (secondary N) is 1. The molecule has 0 spiro atoms. The van der Waals surface area contributed by atoms with Crippen LogP contribution in [0.25, 0.3) is 10.8 Å². The van der Waals surface area contributed by atoms with Crippen molar-refractivity contribution in [2.45, 2.75) is 75.7 Å². The number of hydrogen-bond acceptors (Lipinski definition) is 5. The van der Waals surface area contributed by atoms with Gasteiger partial charge in [-0.2, -0.15) is 8.78 Å². The van der Waals surface area contributed by atoms with E-state index < -0.39 is 35.1 Å². The smallest absolute Gasteiger partial charge is 0.302 e. The number of nitrogens with zero attached hydrogens (tertiary/aromatic N) is 1. The van der Waals surface area contributed by atoms with Gasteiger partial charge in [0.05, 0.1) is 6.10 Å². The molecule has 5 rings (SSSR count). The Bertz CT molecular complexity index is 1470. The van der Waals surface area contributed by atoms with Crippen LogP contribution in [0.5, 0.6) is 5.75 Å². The van der Waals surface area contributed by atoms with Crippen LogP contribution in [0.15, 0.2) is 65.1 Å². The molecule has 0 saturated carbocycles. The average Bonchev–Trinajstić information content (AvgIpc) is 3.20. The molecule has 2 aliphatic heterocycles. The van der Waals surface area contributed by atoms with Gasteiger partial charge < -0.3 is 20.7 Å². The maximum Gasteiger partial charge on any atom is 0.302 e. The summed E-state index contributed by atoms with van der Waals surface area (Å²) in [4.78, 5) is 41.6. The molecule has 3 N–H and O–H groups in total. The number of fused-ring (bicyclic) bond motifs is 3. The highest BCUT2D eigenvalue weighted by atomic mass is 79.9. The molecule has 0 aliphatic carbocycles. The summed E-state index contributed by atoms with van der Waals surface area (Å²) in [5.41, 5.74) is 5.70. The molecule has 2 aliphatic rings. The maximum absolute atomic E-state index is 16.0. The molecule has 216 valence electrons. The van der Waals surface area contributed by atoms with Crippen LogP contribution in [0.4, 0.5) is 8.78 Å². The van der Waals surface area contributed by atoms with Crippen LogP contribution in [0, 0.1) is 0 Å². The molecule has 3 aromatic carbocycles. The van der Waals surface area contributed by atoms with Crippen molar-refractivity contribution in [1.82, 2.24) is 10.2 Å². The molecule has 2 fully saturated rings. The fourth-order valence-corrected chi connectivity index (χ4v) is 6.18. The number of ketones is 1. The number of ether oxygens (including phenoxy) is 1. The fourth-order valence-electron chi connectivity index (χ4n) is 5.91. The van der Waals surface area contributed by atoms with Crippen molar-refractivity contribution in [3.05, 3.63) is 76.3 Å². The first kappa shape index (κ1) is 29.1. The average molecular weight is 629 g/mol. The normalized spacial score (nSPS) is 21.1. The zero-order chi connectivity index (χ0) is 29.5. The monoisotopic (exact) mass is 627 g/mol. The molecule has 0 radical (unpaired) electrons. The van der Waals surface area contributed by atoms with E-state index in [4.69, 9.17) is 10.5 Å². The Morgan fingerprint density at radius 1 is 0.976 bits per heavy atom. The lowest BCUT2D eigenvalue weighted by Crippen LogP contribution is -2.61. The quantitative estimate of drug-likeness (QED) is 0.260. The first-order valence-electron chi connectivity index (χ1n) is 13.7. The highest BCUT2D eigenvalue weighted by Gasteiger charge is 2.53. The number of amides is 2. The minimum absolute atomic E-state index is 0.0138. The summed E-state index contributed by atoms with van der Waals surface area (Å²) in [5.74, 6) is -6.32. The first-order chi connectivity index (χ1) is 19.4. The molecule has 2 saturated heterocycles. The summed E-state index contributed by atoms with van der Waals surface area (Å²) in [6, 6.07) is 12.3. The molecule has 7 nitrogen and oxygen atoms in total. The zero-order valence-electron chi connectivity index (χ0n) is 22.8. The standard InChI is InChI=1S/C31H32BrF2N3O4/c1-17(2)41-26-12-5-18-13-20(4-3-19(18)14-26)27(38)29(39)36-28(31(33,34)21-6-8-22(32)9-7-21)30(40)37-24-10-11-25(37)16-23(35)15-24/h3-9,12-14,17,23-25,28H,10-11,15-16,35H2,1-2H3,(H,36,39). The fraction of sp³-hybridized carbons (Fsp3) is 0.387. The van der Waals surface area contributed by atoms with Gasteiger partial charge in [0.15, 0.2) is 6.04 Å². The van der Waals surface area contributed by atoms with E-state index in [-0.39, 0.29) is 29.8 Å². The highest BCUT2D eigenvalue weighted by Crippen LogP contribution is 2.39. The Hall–Kier alpha value is -3.37. The Morgan fingerprint density at radius 2 is 1.59 bits per heavy atom. The molecule has 3 unspecified atom stereocenters. The molecular weight excluding hydrogens is 596 g/mol. The molecule has 41 heavy (non-hydrogen) atoms. The minimum Gasteiger partial charge on any atom is -0.491 e. The van der Waals surface area contributed by atoms with Crippen LogP contribution < -0.4 is 15.8 Å². The summed E-state index contributed by atoms with van der Waals surface area (Å²) in [6.45, 7) is 3.82. The summed E-state index contributed by atoms with van der Waals surface area (Å²) in [6.07, 6.45) is 2.32. The highest BCUT2D eigenvalue weighted by molar-refractivity contribution is 9.10. The third-order valence-corrected chi connectivity index (χ3v) is 8.32. The summed E-state index contributed by atoms with van der Waals surface area (Å²) in [7, 11) is 0. The minimum atomic E-state index is -3.79. The molecule has 3 atom stereocenters. The number of hydrogen-bond donors (Lipinski definition) is 2. The number of nitrogens with two attached hydrogens (primary N) is 1. The lowest BCUT2D eigenvalue weighted by Gasteiger charge is -2.41. The van der Waals surface area contributed by atoms with Crippen molar-refractivity contribution in [2.75, 3.05) is 0 Å². The van der Waals surface area contributed by atoms with E-state index in [9.17, 15) is 14.4 Å².